The lowest BCUT2D eigenvalue weighted by atomic mass is 10.1. The highest BCUT2D eigenvalue weighted by Crippen LogP contribution is 2.25. The van der Waals surface area contributed by atoms with Gasteiger partial charge in [-0.3, -0.25) is 9.59 Å². The Balaban J connectivity index is 2.17. The summed E-state index contributed by atoms with van der Waals surface area (Å²) in [5, 5.41) is 0. The first-order chi connectivity index (χ1) is 9.95. The fraction of sp³-hybridized carbons (Fsp3) is 0.667. The van der Waals surface area contributed by atoms with E-state index in [4.69, 9.17) is 0 Å². The number of amides is 2. The maximum atomic E-state index is 12.2. The monoisotopic (exact) mass is 292 g/mol. The molecule has 0 bridgehead atoms. The first-order valence-electron chi connectivity index (χ1n) is 7.53. The summed E-state index contributed by atoms with van der Waals surface area (Å²) < 4.78 is 1.99. The van der Waals surface area contributed by atoms with E-state index in [1.807, 2.05) is 16.4 Å². The minimum Gasteiger partial charge on any atom is -0.343 e. The summed E-state index contributed by atoms with van der Waals surface area (Å²) in [6, 6.07) is -0.0770. The lowest BCUT2D eigenvalue weighted by Crippen LogP contribution is -2.41. The van der Waals surface area contributed by atoms with Crippen LogP contribution in [0.3, 0.4) is 0 Å². The topological polar surface area (TPSA) is 58.4 Å². The van der Waals surface area contributed by atoms with Gasteiger partial charge in [-0.1, -0.05) is 13.3 Å². The van der Waals surface area contributed by atoms with E-state index < -0.39 is 0 Å². The van der Waals surface area contributed by atoms with Gasteiger partial charge in [-0.2, -0.15) is 0 Å². The van der Waals surface area contributed by atoms with Crippen LogP contribution in [0.4, 0.5) is 0 Å². The zero-order valence-electron chi connectivity index (χ0n) is 13.3. The molecule has 2 heterocycles. The summed E-state index contributed by atoms with van der Waals surface area (Å²) in [4.78, 5) is 32.1. The smallest absolute Gasteiger partial charge is 0.273 e. The van der Waals surface area contributed by atoms with Crippen LogP contribution in [0.15, 0.2) is 6.20 Å². The molecule has 0 saturated heterocycles. The summed E-state index contributed by atoms with van der Waals surface area (Å²) in [5.74, 6) is 0.878. The fourth-order valence-corrected chi connectivity index (χ4v) is 2.64. The van der Waals surface area contributed by atoms with Gasteiger partial charge in [-0.25, -0.2) is 4.98 Å². The van der Waals surface area contributed by atoms with Gasteiger partial charge in [0.15, 0.2) is 0 Å². The lowest BCUT2D eigenvalue weighted by molar-refractivity contribution is -0.134. The van der Waals surface area contributed by atoms with Gasteiger partial charge in [0, 0.05) is 39.8 Å². The highest BCUT2D eigenvalue weighted by Gasteiger charge is 2.30. The molecule has 0 fully saturated rings. The molecule has 0 saturated carbocycles. The molecule has 1 aliphatic heterocycles. The zero-order chi connectivity index (χ0) is 15.6. The van der Waals surface area contributed by atoms with E-state index in [2.05, 4.69) is 11.9 Å². The maximum absolute atomic E-state index is 12.2. The van der Waals surface area contributed by atoms with Crippen molar-refractivity contribution in [2.75, 3.05) is 20.6 Å². The Bertz CT molecular complexity index is 536. The normalized spacial score (nSPS) is 17.5. The molecule has 1 atom stereocenters. The summed E-state index contributed by atoms with van der Waals surface area (Å²) >= 11 is 0. The summed E-state index contributed by atoms with van der Waals surface area (Å²) in [6.07, 6.45) is 4.32. The van der Waals surface area contributed by atoms with Crippen LogP contribution >= 0.6 is 0 Å². The first-order valence-corrected chi connectivity index (χ1v) is 7.53. The average Bonchev–Trinajstić information content (AvgIpc) is 2.89. The third kappa shape index (κ3) is 3.09. The van der Waals surface area contributed by atoms with E-state index in [9.17, 15) is 9.59 Å². The molecular weight excluding hydrogens is 268 g/mol. The van der Waals surface area contributed by atoms with Crippen molar-refractivity contribution in [1.29, 1.82) is 0 Å². The molecular formula is C15H24N4O2. The standard InChI is InChI=1S/C15H24N4O2/c1-5-6-7-13(20)19-9-8-18-10-12(15(21)17(3)4)16-14(18)11(19)2/h10-11H,5-9H2,1-4H3/t11-/m1/s1. The van der Waals surface area contributed by atoms with Crippen molar-refractivity contribution in [1.82, 2.24) is 19.4 Å². The molecule has 2 rings (SSSR count). The highest BCUT2D eigenvalue weighted by atomic mass is 16.2. The van der Waals surface area contributed by atoms with Crippen LogP contribution in [0.25, 0.3) is 0 Å². The second kappa shape index (κ2) is 6.28. The van der Waals surface area contributed by atoms with Crippen LogP contribution in [-0.4, -0.2) is 51.8 Å². The highest BCUT2D eigenvalue weighted by molar-refractivity contribution is 5.91. The van der Waals surface area contributed by atoms with Crippen LogP contribution < -0.4 is 0 Å². The van der Waals surface area contributed by atoms with Crippen LogP contribution in [0.5, 0.6) is 0 Å². The number of rotatable bonds is 4. The number of imidazole rings is 1. The fourth-order valence-electron chi connectivity index (χ4n) is 2.64. The molecule has 0 aromatic carbocycles. The third-order valence-electron chi connectivity index (χ3n) is 3.92. The number of nitrogens with zero attached hydrogens (tertiary/aromatic N) is 4. The van der Waals surface area contributed by atoms with Crippen molar-refractivity contribution in [3.8, 4) is 0 Å². The van der Waals surface area contributed by atoms with E-state index >= 15 is 0 Å². The van der Waals surface area contributed by atoms with Crippen molar-refractivity contribution in [3.05, 3.63) is 17.7 Å². The van der Waals surface area contributed by atoms with Gasteiger partial charge >= 0.3 is 0 Å². The molecule has 6 heteroatoms. The van der Waals surface area contributed by atoms with Crippen molar-refractivity contribution < 1.29 is 9.59 Å². The van der Waals surface area contributed by atoms with E-state index in [-0.39, 0.29) is 17.9 Å². The van der Waals surface area contributed by atoms with Crippen LogP contribution in [0.2, 0.25) is 0 Å². The van der Waals surface area contributed by atoms with Crippen LogP contribution in [-0.2, 0) is 11.3 Å². The number of unbranched alkanes of at least 4 members (excludes halogenated alkanes) is 1. The van der Waals surface area contributed by atoms with Gasteiger partial charge in [0.1, 0.15) is 11.5 Å². The summed E-state index contributed by atoms with van der Waals surface area (Å²) in [7, 11) is 3.43. The van der Waals surface area contributed by atoms with Crippen LogP contribution in [0, 0.1) is 0 Å². The molecule has 0 aliphatic carbocycles. The van der Waals surface area contributed by atoms with E-state index in [0.717, 1.165) is 18.7 Å². The van der Waals surface area contributed by atoms with E-state index in [1.165, 1.54) is 4.90 Å². The quantitative estimate of drug-likeness (QED) is 0.848. The second-order valence-electron chi connectivity index (χ2n) is 5.74. The minimum absolute atomic E-state index is 0.0770. The van der Waals surface area contributed by atoms with Gasteiger partial charge in [0.05, 0.1) is 6.04 Å². The SMILES string of the molecule is CCCCC(=O)N1CCn2cc(C(=O)N(C)C)nc2[C@H]1C. The number of fused-ring (bicyclic) bond motifs is 1. The van der Waals surface area contributed by atoms with Gasteiger partial charge in [0.2, 0.25) is 5.91 Å². The Morgan fingerprint density at radius 2 is 2.10 bits per heavy atom. The van der Waals surface area contributed by atoms with Crippen molar-refractivity contribution in [2.45, 2.75) is 45.7 Å². The number of hydrogen-bond acceptors (Lipinski definition) is 3. The zero-order valence-corrected chi connectivity index (χ0v) is 13.3. The molecule has 116 valence electrons. The predicted octanol–water partition coefficient (Wildman–Crippen LogP) is 1.68. The number of carbonyl (C=O) groups excluding carboxylic acids is 2. The molecule has 1 aromatic heterocycles. The first kappa shape index (κ1) is 15.5. The van der Waals surface area contributed by atoms with Gasteiger partial charge < -0.3 is 14.4 Å². The molecule has 2 amide bonds. The predicted molar refractivity (Wildman–Crippen MR) is 79.9 cm³/mol. The maximum Gasteiger partial charge on any atom is 0.273 e. The minimum atomic E-state index is -0.104. The Hall–Kier alpha value is -1.85. The largest absolute Gasteiger partial charge is 0.343 e. The average molecular weight is 292 g/mol. The summed E-state index contributed by atoms with van der Waals surface area (Å²) in [6.45, 7) is 5.44. The molecule has 0 spiro atoms. The molecule has 1 aliphatic rings. The van der Waals surface area contributed by atoms with Gasteiger partial charge in [-0.15, -0.1) is 0 Å². The number of aromatic nitrogens is 2. The van der Waals surface area contributed by atoms with Crippen molar-refractivity contribution >= 4 is 11.8 Å². The van der Waals surface area contributed by atoms with Gasteiger partial charge in [0.25, 0.3) is 5.91 Å². The summed E-state index contributed by atoms with van der Waals surface area (Å²) in [5.41, 5.74) is 0.449. The third-order valence-corrected chi connectivity index (χ3v) is 3.92. The Kier molecular flexibility index (Phi) is 4.65. The second-order valence-corrected chi connectivity index (χ2v) is 5.74. The number of carbonyl (C=O) groups is 2. The van der Waals surface area contributed by atoms with Crippen molar-refractivity contribution in [3.63, 3.8) is 0 Å². The molecule has 0 unspecified atom stereocenters. The Labute approximate surface area is 125 Å². The Morgan fingerprint density at radius 1 is 1.38 bits per heavy atom. The van der Waals surface area contributed by atoms with Gasteiger partial charge in [-0.05, 0) is 13.3 Å². The Morgan fingerprint density at radius 3 is 2.71 bits per heavy atom. The molecule has 0 N–H and O–H groups in total. The van der Waals surface area contributed by atoms with Crippen molar-refractivity contribution in [2.24, 2.45) is 0 Å². The van der Waals surface area contributed by atoms with E-state index in [0.29, 0.717) is 25.2 Å². The van der Waals surface area contributed by atoms with Crippen LogP contribution in [0.1, 0.15) is 55.5 Å². The molecule has 6 nitrogen and oxygen atoms in total. The lowest BCUT2D eigenvalue weighted by Gasteiger charge is -2.33. The van der Waals surface area contributed by atoms with E-state index in [1.54, 1.807) is 20.3 Å². The number of hydrogen-bond donors (Lipinski definition) is 0. The molecule has 21 heavy (non-hydrogen) atoms. The molecule has 0 radical (unpaired) electrons. The molecule has 1 aromatic rings.